The van der Waals surface area contributed by atoms with Gasteiger partial charge in [0.15, 0.2) is 0 Å². The molecule has 1 aromatic carbocycles. The number of nitrogens with one attached hydrogen (secondary N) is 1. The van der Waals surface area contributed by atoms with Crippen molar-refractivity contribution in [1.29, 1.82) is 0 Å². The Labute approximate surface area is 141 Å². The maximum atomic E-state index is 12.8. The second kappa shape index (κ2) is 7.07. The summed E-state index contributed by atoms with van der Waals surface area (Å²) in [6.45, 7) is 2.65. The highest BCUT2D eigenvalue weighted by Crippen LogP contribution is 2.32. The number of benzene rings is 1. The zero-order chi connectivity index (χ0) is 17.1. The van der Waals surface area contributed by atoms with Crippen LogP contribution in [0.2, 0.25) is 0 Å². The van der Waals surface area contributed by atoms with E-state index in [9.17, 15) is 9.59 Å². The van der Waals surface area contributed by atoms with Crippen LogP contribution in [0.15, 0.2) is 29.2 Å². The van der Waals surface area contributed by atoms with Gasteiger partial charge < -0.3 is 15.6 Å². The molecule has 0 unspecified atom stereocenters. The number of nitrogens with two attached hydrogens (primary N) is 1. The van der Waals surface area contributed by atoms with Crippen molar-refractivity contribution in [3.05, 3.63) is 40.2 Å². The van der Waals surface area contributed by atoms with Crippen molar-refractivity contribution in [3.8, 4) is 0 Å². The van der Waals surface area contributed by atoms with E-state index in [0.29, 0.717) is 23.7 Å². The summed E-state index contributed by atoms with van der Waals surface area (Å²) in [6.07, 6.45) is 8.14. The molecule has 0 bridgehead atoms. The van der Waals surface area contributed by atoms with Crippen LogP contribution in [0.4, 0.5) is 5.69 Å². The molecule has 0 saturated heterocycles. The van der Waals surface area contributed by atoms with Gasteiger partial charge >= 0.3 is 0 Å². The number of hydrogen-bond donors (Lipinski definition) is 2. The predicted octanol–water partition coefficient (Wildman–Crippen LogP) is 3.23. The SMILES string of the molecule is CCCCNC(=O)c1cn(C2CCCC2)c2cccc(N)c2c1=O. The Morgan fingerprint density at radius 3 is 2.79 bits per heavy atom. The van der Waals surface area contributed by atoms with Gasteiger partial charge in [-0.1, -0.05) is 32.3 Å². The first-order valence-corrected chi connectivity index (χ1v) is 8.85. The van der Waals surface area contributed by atoms with Crippen LogP contribution in [0, 0.1) is 0 Å². The highest BCUT2D eigenvalue weighted by molar-refractivity contribution is 6.00. The van der Waals surface area contributed by atoms with E-state index < -0.39 is 0 Å². The minimum atomic E-state index is -0.301. The molecular formula is C19H25N3O2. The number of carbonyl (C=O) groups excluding carboxylic acids is 1. The number of pyridine rings is 1. The molecule has 1 aromatic heterocycles. The Morgan fingerprint density at radius 1 is 1.33 bits per heavy atom. The minimum Gasteiger partial charge on any atom is -0.398 e. The van der Waals surface area contributed by atoms with E-state index in [0.717, 1.165) is 31.2 Å². The second-order valence-electron chi connectivity index (χ2n) is 6.57. The van der Waals surface area contributed by atoms with E-state index in [-0.39, 0.29) is 16.9 Å². The number of nitrogen functional groups attached to an aromatic ring is 1. The molecule has 5 nitrogen and oxygen atoms in total. The van der Waals surface area contributed by atoms with Crippen LogP contribution >= 0.6 is 0 Å². The van der Waals surface area contributed by atoms with Crippen molar-refractivity contribution >= 4 is 22.5 Å². The Bertz CT molecular complexity index is 804. The van der Waals surface area contributed by atoms with E-state index in [1.807, 2.05) is 12.1 Å². The average molecular weight is 327 g/mol. The molecule has 1 heterocycles. The third-order valence-electron chi connectivity index (χ3n) is 4.87. The van der Waals surface area contributed by atoms with Crippen molar-refractivity contribution in [2.45, 2.75) is 51.5 Å². The predicted molar refractivity (Wildman–Crippen MR) is 97.4 cm³/mol. The number of carbonyl (C=O) groups is 1. The quantitative estimate of drug-likeness (QED) is 0.654. The smallest absolute Gasteiger partial charge is 0.256 e. The lowest BCUT2D eigenvalue weighted by atomic mass is 10.1. The van der Waals surface area contributed by atoms with Crippen LogP contribution in [0.3, 0.4) is 0 Å². The lowest BCUT2D eigenvalue weighted by Gasteiger charge is -2.20. The lowest BCUT2D eigenvalue weighted by Crippen LogP contribution is -2.31. The van der Waals surface area contributed by atoms with Gasteiger partial charge in [-0.05, 0) is 31.4 Å². The first kappa shape index (κ1) is 16.6. The molecule has 3 N–H and O–H groups in total. The number of fused-ring (bicyclic) bond motifs is 1. The Kier molecular flexibility index (Phi) is 4.88. The summed E-state index contributed by atoms with van der Waals surface area (Å²) in [7, 11) is 0. The lowest BCUT2D eigenvalue weighted by molar-refractivity contribution is 0.0951. The van der Waals surface area contributed by atoms with Gasteiger partial charge in [-0.15, -0.1) is 0 Å². The maximum Gasteiger partial charge on any atom is 0.256 e. The average Bonchev–Trinajstić information content (AvgIpc) is 3.09. The monoisotopic (exact) mass is 327 g/mol. The zero-order valence-electron chi connectivity index (χ0n) is 14.2. The number of amides is 1. The number of hydrogen-bond acceptors (Lipinski definition) is 3. The molecule has 0 atom stereocenters. The highest BCUT2D eigenvalue weighted by atomic mass is 16.2. The summed E-state index contributed by atoms with van der Waals surface area (Å²) in [5.41, 5.74) is 7.26. The summed E-state index contributed by atoms with van der Waals surface area (Å²) >= 11 is 0. The molecular weight excluding hydrogens is 302 g/mol. The Balaban J connectivity index is 2.12. The first-order chi connectivity index (χ1) is 11.6. The van der Waals surface area contributed by atoms with Crippen molar-refractivity contribution in [2.24, 2.45) is 0 Å². The minimum absolute atomic E-state index is 0.198. The van der Waals surface area contributed by atoms with Gasteiger partial charge in [0, 0.05) is 24.5 Å². The topological polar surface area (TPSA) is 77.1 Å². The molecule has 1 amide bonds. The van der Waals surface area contributed by atoms with Crippen LogP contribution in [0.5, 0.6) is 0 Å². The van der Waals surface area contributed by atoms with Crippen molar-refractivity contribution in [3.63, 3.8) is 0 Å². The van der Waals surface area contributed by atoms with Crippen LogP contribution in [-0.4, -0.2) is 17.0 Å². The summed E-state index contributed by atoms with van der Waals surface area (Å²) < 4.78 is 2.09. The molecule has 0 radical (unpaired) electrons. The van der Waals surface area contributed by atoms with Gasteiger partial charge in [0.2, 0.25) is 5.43 Å². The molecule has 2 aromatic rings. The normalized spacial score (nSPS) is 15.0. The fourth-order valence-corrected chi connectivity index (χ4v) is 3.54. The second-order valence-corrected chi connectivity index (χ2v) is 6.57. The van der Waals surface area contributed by atoms with E-state index in [4.69, 9.17) is 5.73 Å². The van der Waals surface area contributed by atoms with E-state index in [2.05, 4.69) is 16.8 Å². The third-order valence-corrected chi connectivity index (χ3v) is 4.87. The van der Waals surface area contributed by atoms with Gasteiger partial charge in [0.1, 0.15) is 5.56 Å². The molecule has 24 heavy (non-hydrogen) atoms. The molecule has 5 heteroatoms. The van der Waals surface area contributed by atoms with Gasteiger partial charge in [-0.25, -0.2) is 0 Å². The third kappa shape index (κ3) is 3.03. The van der Waals surface area contributed by atoms with Crippen LogP contribution < -0.4 is 16.5 Å². The molecule has 0 spiro atoms. The summed E-state index contributed by atoms with van der Waals surface area (Å²) in [5, 5.41) is 3.31. The summed E-state index contributed by atoms with van der Waals surface area (Å²) in [6, 6.07) is 5.84. The summed E-state index contributed by atoms with van der Waals surface area (Å²) in [5.74, 6) is -0.301. The molecule has 3 rings (SSSR count). The van der Waals surface area contributed by atoms with Gasteiger partial charge in [0.25, 0.3) is 5.91 Å². The Morgan fingerprint density at radius 2 is 2.08 bits per heavy atom. The van der Waals surface area contributed by atoms with E-state index in [1.165, 1.54) is 12.8 Å². The highest BCUT2D eigenvalue weighted by Gasteiger charge is 2.22. The largest absolute Gasteiger partial charge is 0.398 e. The van der Waals surface area contributed by atoms with Crippen LogP contribution in [-0.2, 0) is 0 Å². The standard InChI is InChI=1S/C19H25N3O2/c1-2-3-11-21-19(24)14-12-22(13-7-4-5-8-13)16-10-6-9-15(20)17(16)18(14)23/h6,9-10,12-13H,2-5,7-8,11,20H2,1H3,(H,21,24). The number of aromatic nitrogens is 1. The van der Waals surface area contributed by atoms with Gasteiger partial charge in [-0.2, -0.15) is 0 Å². The maximum absolute atomic E-state index is 12.8. The summed E-state index contributed by atoms with van der Waals surface area (Å²) in [4.78, 5) is 25.3. The number of rotatable bonds is 5. The van der Waals surface area contributed by atoms with Gasteiger partial charge in [0.05, 0.1) is 10.9 Å². The molecule has 128 valence electrons. The van der Waals surface area contributed by atoms with Crippen molar-refractivity contribution in [2.75, 3.05) is 12.3 Å². The first-order valence-electron chi connectivity index (χ1n) is 8.85. The number of anilines is 1. The van der Waals surface area contributed by atoms with Crippen LogP contribution in [0.1, 0.15) is 61.8 Å². The van der Waals surface area contributed by atoms with Crippen molar-refractivity contribution in [1.82, 2.24) is 9.88 Å². The van der Waals surface area contributed by atoms with Gasteiger partial charge in [-0.3, -0.25) is 9.59 Å². The van der Waals surface area contributed by atoms with E-state index >= 15 is 0 Å². The molecule has 0 aliphatic heterocycles. The van der Waals surface area contributed by atoms with Crippen molar-refractivity contribution < 1.29 is 4.79 Å². The number of unbranched alkanes of at least 4 members (excludes halogenated alkanes) is 1. The fourth-order valence-electron chi connectivity index (χ4n) is 3.54. The molecule has 1 fully saturated rings. The molecule has 1 saturated carbocycles. The fraction of sp³-hybridized carbons (Fsp3) is 0.474. The van der Waals surface area contributed by atoms with E-state index in [1.54, 1.807) is 12.3 Å². The number of nitrogens with zero attached hydrogens (tertiary/aromatic N) is 1. The molecule has 1 aliphatic carbocycles. The van der Waals surface area contributed by atoms with Crippen LogP contribution in [0.25, 0.3) is 10.9 Å². The molecule has 1 aliphatic rings. The zero-order valence-corrected chi connectivity index (χ0v) is 14.2. The Hall–Kier alpha value is -2.30.